The molecule has 12 nitrogen and oxygen atoms in total. The monoisotopic (exact) mass is 601 g/mol. The number of fused-ring (bicyclic) bond motifs is 1. The number of hydrogen-bond donors (Lipinski definition) is 2. The lowest BCUT2D eigenvalue weighted by Gasteiger charge is -2.23. The van der Waals surface area contributed by atoms with Gasteiger partial charge in [0.2, 0.25) is 0 Å². The molecule has 0 aliphatic carbocycles. The first-order valence-corrected chi connectivity index (χ1v) is 14.8. The quantitative estimate of drug-likeness (QED) is 0.178. The zero-order chi connectivity index (χ0) is 31.2. The van der Waals surface area contributed by atoms with Crippen molar-refractivity contribution in [3.63, 3.8) is 0 Å². The minimum absolute atomic E-state index is 0.218. The number of carbonyl (C=O) groups is 1. The molecule has 0 bridgehead atoms. The van der Waals surface area contributed by atoms with Crippen molar-refractivity contribution in [2.75, 3.05) is 24.6 Å². The fourth-order valence-corrected chi connectivity index (χ4v) is 5.16. The van der Waals surface area contributed by atoms with Crippen molar-refractivity contribution in [1.29, 1.82) is 0 Å². The van der Waals surface area contributed by atoms with Crippen molar-refractivity contribution < 1.29 is 24.5 Å². The number of amides is 1. The number of aliphatic hydroxyl groups is 2. The molecule has 232 valence electrons. The smallest absolute Gasteiger partial charge is 0.394 e. The van der Waals surface area contributed by atoms with Gasteiger partial charge in [-0.05, 0) is 36.1 Å². The van der Waals surface area contributed by atoms with E-state index in [9.17, 15) is 15.0 Å². The van der Waals surface area contributed by atoms with Crippen LogP contribution in [0.1, 0.15) is 40.3 Å². The second-order valence-corrected chi connectivity index (χ2v) is 11.6. The largest absolute Gasteiger partial charge is 0.426 e. The van der Waals surface area contributed by atoms with Crippen molar-refractivity contribution in [1.82, 2.24) is 24.4 Å². The van der Waals surface area contributed by atoms with Crippen molar-refractivity contribution in [2.45, 2.75) is 52.6 Å². The van der Waals surface area contributed by atoms with Crippen molar-refractivity contribution in [3.8, 4) is 6.01 Å². The highest BCUT2D eigenvalue weighted by Crippen LogP contribution is 2.34. The number of hydrogen-bond acceptors (Lipinski definition) is 9. The highest BCUT2D eigenvalue weighted by molar-refractivity contribution is 5.97. The molecule has 0 saturated carbocycles. The van der Waals surface area contributed by atoms with Gasteiger partial charge in [0.1, 0.15) is 12.3 Å². The summed E-state index contributed by atoms with van der Waals surface area (Å²) in [6.45, 7) is 9.84. The van der Waals surface area contributed by atoms with E-state index in [0.717, 1.165) is 13.1 Å². The molecule has 12 heteroatoms. The van der Waals surface area contributed by atoms with Crippen LogP contribution in [-0.2, 0) is 4.74 Å². The molecule has 0 unspecified atom stereocenters. The molecule has 0 radical (unpaired) electrons. The summed E-state index contributed by atoms with van der Waals surface area (Å²) in [5.74, 6) is 1.04. The van der Waals surface area contributed by atoms with E-state index in [1.54, 1.807) is 10.9 Å². The summed E-state index contributed by atoms with van der Waals surface area (Å²) in [6, 6.07) is 18.1. The summed E-state index contributed by atoms with van der Waals surface area (Å²) < 4.78 is 13.3. The van der Waals surface area contributed by atoms with E-state index < -0.39 is 24.5 Å². The van der Waals surface area contributed by atoms with Crippen LogP contribution in [0.3, 0.4) is 0 Å². The van der Waals surface area contributed by atoms with Gasteiger partial charge in [0, 0.05) is 19.5 Å². The van der Waals surface area contributed by atoms with Crippen LogP contribution in [-0.4, -0.2) is 79.0 Å². The van der Waals surface area contributed by atoms with Crippen LogP contribution in [0.2, 0.25) is 0 Å². The van der Waals surface area contributed by atoms with Crippen LogP contribution in [0.4, 0.5) is 22.0 Å². The van der Waals surface area contributed by atoms with Gasteiger partial charge in [-0.15, -0.1) is 0 Å². The summed E-state index contributed by atoms with van der Waals surface area (Å²) in [6.07, 6.45) is 0.541. The van der Waals surface area contributed by atoms with Crippen LogP contribution in [0, 0.1) is 11.8 Å². The second kappa shape index (κ2) is 13.9. The number of imidazole rings is 1. The number of benzene rings is 2. The number of rotatable bonds is 11. The van der Waals surface area contributed by atoms with Crippen LogP contribution in [0.5, 0.6) is 6.01 Å². The minimum atomic E-state index is -0.856. The number of carbonyl (C=O) groups excluding carboxylic acids is 1. The fraction of sp³-hybridized carbons (Fsp3) is 0.406. The third kappa shape index (κ3) is 7.21. The molecule has 1 saturated heterocycles. The lowest BCUT2D eigenvalue weighted by molar-refractivity contribution is -0.0432. The summed E-state index contributed by atoms with van der Waals surface area (Å²) in [5.41, 5.74) is 1.91. The van der Waals surface area contributed by atoms with Crippen molar-refractivity contribution in [2.24, 2.45) is 16.8 Å². The van der Waals surface area contributed by atoms with Gasteiger partial charge in [-0.3, -0.25) is 4.57 Å². The maximum Gasteiger partial charge on any atom is 0.426 e. The van der Waals surface area contributed by atoms with Gasteiger partial charge in [-0.1, -0.05) is 64.1 Å². The molecule has 3 atom stereocenters. The van der Waals surface area contributed by atoms with Gasteiger partial charge in [-0.25, -0.2) is 19.7 Å². The molecular formula is C32H39N7O5. The van der Waals surface area contributed by atoms with Gasteiger partial charge in [0.05, 0.1) is 36.8 Å². The molecule has 3 heterocycles. The van der Waals surface area contributed by atoms with Crippen molar-refractivity contribution >= 4 is 40.8 Å². The Labute approximate surface area is 256 Å². The molecule has 44 heavy (non-hydrogen) atoms. The Hall–Kier alpha value is -4.39. The number of ether oxygens (including phenoxy) is 2. The third-order valence-corrected chi connectivity index (χ3v) is 7.01. The first kappa shape index (κ1) is 31.0. The Morgan fingerprint density at radius 3 is 2.20 bits per heavy atom. The molecule has 2 N–H and O–H groups in total. The standard InChI is InChI=1S/C32H39N7O5/c1-21(2)16-37(17-22(3)4)19-34-29-28-30(38(20-33-28)27-15-25(41)26(18-40)43-27)36-31(35-29)44-32(42)39(23-11-7-5-8-12-23)24-13-9-6-10-14-24/h5-14,19-22,25-27,40-41H,15-18H2,1-4H3/b34-19+/t25-,26+,27+/m0/s1. The predicted octanol–water partition coefficient (Wildman–Crippen LogP) is 5.08. The Kier molecular flexibility index (Phi) is 9.83. The Morgan fingerprint density at radius 1 is 1.05 bits per heavy atom. The molecule has 1 amide bonds. The van der Waals surface area contributed by atoms with E-state index in [0.29, 0.717) is 34.4 Å². The van der Waals surface area contributed by atoms with E-state index in [1.165, 1.54) is 11.2 Å². The Balaban J connectivity index is 1.55. The SMILES string of the molecule is CC(C)CN(/C=N/c1nc(OC(=O)N(c2ccccc2)c2ccccc2)nc2c1ncn2[C@H]1C[C@H](O)[C@@H](CO)O1)CC(C)C. The fourth-order valence-electron chi connectivity index (χ4n) is 5.16. The Morgan fingerprint density at radius 2 is 1.66 bits per heavy atom. The Bertz CT molecular complexity index is 1510. The number of anilines is 2. The van der Waals surface area contributed by atoms with Gasteiger partial charge in [0.15, 0.2) is 17.0 Å². The molecule has 5 rings (SSSR count). The molecule has 0 spiro atoms. The highest BCUT2D eigenvalue weighted by Gasteiger charge is 2.36. The van der Waals surface area contributed by atoms with Gasteiger partial charge < -0.3 is 24.6 Å². The van der Waals surface area contributed by atoms with Crippen LogP contribution >= 0.6 is 0 Å². The average Bonchev–Trinajstić information content (AvgIpc) is 3.59. The number of para-hydroxylation sites is 2. The summed E-state index contributed by atoms with van der Waals surface area (Å²) in [7, 11) is 0. The van der Waals surface area contributed by atoms with E-state index in [1.807, 2.05) is 60.7 Å². The number of aliphatic imine (C=N–C) groups is 1. The van der Waals surface area contributed by atoms with E-state index in [2.05, 4.69) is 47.5 Å². The first-order valence-electron chi connectivity index (χ1n) is 14.8. The van der Waals surface area contributed by atoms with Gasteiger partial charge in [0.25, 0.3) is 0 Å². The molecule has 4 aromatic rings. The minimum Gasteiger partial charge on any atom is -0.394 e. The molecule has 2 aromatic heterocycles. The zero-order valence-corrected chi connectivity index (χ0v) is 25.4. The zero-order valence-electron chi connectivity index (χ0n) is 25.4. The summed E-state index contributed by atoms with van der Waals surface area (Å²) in [5, 5.41) is 20.0. The summed E-state index contributed by atoms with van der Waals surface area (Å²) >= 11 is 0. The van der Waals surface area contributed by atoms with E-state index in [4.69, 9.17) is 14.5 Å². The molecule has 1 aliphatic rings. The van der Waals surface area contributed by atoms with Gasteiger partial charge in [-0.2, -0.15) is 9.97 Å². The van der Waals surface area contributed by atoms with Gasteiger partial charge >= 0.3 is 12.1 Å². The normalized spacial score (nSPS) is 18.5. The molecule has 1 fully saturated rings. The van der Waals surface area contributed by atoms with E-state index in [-0.39, 0.29) is 24.9 Å². The number of aliphatic hydroxyl groups excluding tert-OH is 2. The second-order valence-electron chi connectivity index (χ2n) is 11.6. The van der Waals surface area contributed by atoms with Crippen LogP contribution in [0.25, 0.3) is 11.2 Å². The number of aromatic nitrogens is 4. The van der Waals surface area contributed by atoms with Crippen molar-refractivity contribution in [3.05, 3.63) is 67.0 Å². The maximum atomic E-state index is 13.7. The third-order valence-electron chi connectivity index (χ3n) is 7.01. The average molecular weight is 602 g/mol. The highest BCUT2D eigenvalue weighted by atomic mass is 16.6. The molecule has 1 aliphatic heterocycles. The maximum absolute atomic E-state index is 13.7. The lowest BCUT2D eigenvalue weighted by Crippen LogP contribution is -2.30. The predicted molar refractivity (Wildman–Crippen MR) is 167 cm³/mol. The lowest BCUT2D eigenvalue weighted by atomic mass is 10.1. The molecular weight excluding hydrogens is 562 g/mol. The first-order chi connectivity index (χ1) is 21.2. The van der Waals surface area contributed by atoms with Crippen LogP contribution in [0.15, 0.2) is 72.0 Å². The number of nitrogens with zero attached hydrogens (tertiary/aromatic N) is 7. The molecule has 2 aromatic carbocycles. The summed E-state index contributed by atoms with van der Waals surface area (Å²) in [4.78, 5) is 35.6. The topological polar surface area (TPSA) is 138 Å². The van der Waals surface area contributed by atoms with E-state index >= 15 is 0 Å². The van der Waals surface area contributed by atoms with Crippen LogP contribution < -0.4 is 9.64 Å².